The van der Waals surface area contributed by atoms with Crippen molar-refractivity contribution in [2.24, 2.45) is 0 Å². The Morgan fingerprint density at radius 1 is 0.975 bits per heavy atom. The van der Waals surface area contributed by atoms with Gasteiger partial charge in [0.2, 0.25) is 5.91 Å². The van der Waals surface area contributed by atoms with Crippen molar-refractivity contribution in [1.29, 1.82) is 0 Å². The third kappa shape index (κ3) is 8.36. The summed E-state index contributed by atoms with van der Waals surface area (Å²) in [5.41, 5.74) is 3.63. The predicted molar refractivity (Wildman–Crippen MR) is 156 cm³/mol. The van der Waals surface area contributed by atoms with Gasteiger partial charge in [-0.05, 0) is 53.6 Å². The average Bonchev–Trinajstić information content (AvgIpc) is 3.58. The minimum Gasteiger partial charge on any atom is -0.453 e. The molecule has 210 valence electrons. The molecule has 10 nitrogen and oxygen atoms in total. The number of hydrogen-bond acceptors (Lipinski definition) is 8. The van der Waals surface area contributed by atoms with Crippen molar-refractivity contribution in [1.82, 2.24) is 15.6 Å². The molecule has 0 fully saturated rings. The third-order valence-electron chi connectivity index (χ3n) is 5.85. The molecule has 2 atom stereocenters. The molecule has 0 saturated carbocycles. The van der Waals surface area contributed by atoms with Crippen molar-refractivity contribution in [3.8, 4) is 9.88 Å². The predicted octanol–water partition coefficient (Wildman–Crippen LogP) is 4.76. The van der Waals surface area contributed by atoms with E-state index in [2.05, 4.69) is 16.7 Å². The summed E-state index contributed by atoms with van der Waals surface area (Å²) in [4.78, 5) is 31.5. The van der Waals surface area contributed by atoms with Crippen LogP contribution in [0.1, 0.15) is 28.4 Å². The van der Waals surface area contributed by atoms with Crippen LogP contribution in [0.25, 0.3) is 9.88 Å². The van der Waals surface area contributed by atoms with E-state index in [-0.39, 0.29) is 12.1 Å². The topological polar surface area (TPSA) is 147 Å². The fourth-order valence-corrected chi connectivity index (χ4v) is 6.24. The summed E-state index contributed by atoms with van der Waals surface area (Å²) in [7, 11) is -3.17. The highest BCUT2D eigenvalue weighted by molar-refractivity contribution is 7.87. The molecular weight excluding hydrogens is 573 g/mol. The van der Waals surface area contributed by atoms with Crippen LogP contribution in [0.5, 0.6) is 0 Å². The molecular formula is C27H28N4O6S3. The number of hydrogen-bond donors (Lipinski definition) is 4. The van der Waals surface area contributed by atoms with Crippen molar-refractivity contribution in [3.05, 3.63) is 93.8 Å². The highest BCUT2D eigenvalue weighted by Crippen LogP contribution is 2.32. The SMILES string of the molecule is COC(=O)NC(Cc1ccccc1)C(=O)NC(Cc1ccc(NS(=O)(=O)O)cc1)c1csc(-c2cc(C)cs2)n1. The van der Waals surface area contributed by atoms with Gasteiger partial charge in [-0.1, -0.05) is 42.5 Å². The van der Waals surface area contributed by atoms with Gasteiger partial charge in [0.25, 0.3) is 0 Å². The number of anilines is 1. The Balaban J connectivity index is 1.60. The number of methoxy groups -OCH3 is 1. The fraction of sp³-hybridized carbons (Fsp3) is 0.222. The summed E-state index contributed by atoms with van der Waals surface area (Å²) < 4.78 is 38.1. The maximum Gasteiger partial charge on any atom is 0.407 e. The van der Waals surface area contributed by atoms with Crippen LogP contribution in [0.3, 0.4) is 0 Å². The smallest absolute Gasteiger partial charge is 0.407 e. The molecule has 4 aromatic rings. The van der Waals surface area contributed by atoms with Crippen molar-refractivity contribution in [2.45, 2.75) is 31.8 Å². The molecule has 2 aromatic heterocycles. The molecule has 0 aliphatic heterocycles. The molecule has 0 aliphatic rings. The largest absolute Gasteiger partial charge is 0.453 e. The first-order chi connectivity index (χ1) is 19.1. The lowest BCUT2D eigenvalue weighted by molar-refractivity contribution is -0.123. The van der Waals surface area contributed by atoms with Gasteiger partial charge in [0.1, 0.15) is 11.0 Å². The number of alkyl carbamates (subject to hydrolysis) is 1. The monoisotopic (exact) mass is 600 g/mol. The summed E-state index contributed by atoms with van der Waals surface area (Å²) in [6.07, 6.45) is -0.138. The number of thiazole rings is 1. The van der Waals surface area contributed by atoms with Crippen molar-refractivity contribution in [3.63, 3.8) is 0 Å². The molecule has 0 bridgehead atoms. The van der Waals surface area contributed by atoms with E-state index in [4.69, 9.17) is 14.3 Å². The van der Waals surface area contributed by atoms with E-state index < -0.39 is 34.4 Å². The summed E-state index contributed by atoms with van der Waals surface area (Å²) in [5, 5.41) is 10.4. The highest BCUT2D eigenvalue weighted by atomic mass is 32.2. The zero-order chi connectivity index (χ0) is 28.7. The highest BCUT2D eigenvalue weighted by Gasteiger charge is 2.26. The van der Waals surface area contributed by atoms with E-state index in [1.165, 1.54) is 30.6 Å². The molecule has 0 radical (unpaired) electrons. The van der Waals surface area contributed by atoms with Crippen molar-refractivity contribution >= 4 is 50.7 Å². The van der Waals surface area contributed by atoms with Crippen LogP contribution < -0.4 is 15.4 Å². The lowest BCUT2D eigenvalue weighted by atomic mass is 10.0. The van der Waals surface area contributed by atoms with E-state index >= 15 is 0 Å². The van der Waals surface area contributed by atoms with Gasteiger partial charge in [0.05, 0.1) is 29.4 Å². The van der Waals surface area contributed by atoms with Gasteiger partial charge < -0.3 is 15.4 Å². The number of thiophene rings is 1. The molecule has 13 heteroatoms. The quantitative estimate of drug-likeness (QED) is 0.182. The molecule has 0 saturated heterocycles. The van der Waals surface area contributed by atoms with Gasteiger partial charge in [-0.25, -0.2) is 9.78 Å². The third-order valence-corrected chi connectivity index (χ3v) is 8.43. The molecule has 2 heterocycles. The second kappa shape index (κ2) is 13.0. The first-order valence-corrected chi connectivity index (χ1v) is 15.3. The van der Waals surface area contributed by atoms with Crippen LogP contribution in [0.2, 0.25) is 0 Å². The van der Waals surface area contributed by atoms with Gasteiger partial charge in [-0.15, -0.1) is 22.7 Å². The molecule has 2 aromatic carbocycles. The zero-order valence-electron chi connectivity index (χ0n) is 21.7. The normalized spacial score (nSPS) is 12.8. The van der Waals surface area contributed by atoms with Crippen molar-refractivity contribution in [2.75, 3.05) is 11.8 Å². The number of nitrogens with one attached hydrogen (secondary N) is 3. The lowest BCUT2D eigenvalue weighted by Crippen LogP contribution is -2.49. The maximum atomic E-state index is 13.6. The number of aryl methyl sites for hydroxylation is 1. The molecule has 0 spiro atoms. The van der Waals surface area contributed by atoms with Crippen LogP contribution in [0, 0.1) is 6.92 Å². The van der Waals surface area contributed by atoms with E-state index in [9.17, 15) is 18.0 Å². The van der Waals surface area contributed by atoms with Gasteiger partial charge >= 0.3 is 16.4 Å². The standard InChI is InChI=1S/C27H28N4O6S3/c1-17-12-24(38-15-17)26-29-23(16-39-26)21(13-19-8-10-20(11-9-19)31-40(34,35)36)28-25(32)22(30-27(33)37-2)14-18-6-4-3-5-7-18/h3-12,15-16,21-22,31H,13-14H2,1-2H3,(H,28,32)(H,30,33)(H,34,35,36). The first kappa shape index (κ1) is 29.2. The number of carbonyl (C=O) groups is 2. The lowest BCUT2D eigenvalue weighted by Gasteiger charge is -2.23. The Morgan fingerprint density at radius 2 is 1.68 bits per heavy atom. The van der Waals surface area contributed by atoms with Crippen LogP contribution in [-0.4, -0.2) is 43.1 Å². The Hall–Kier alpha value is -3.78. The minimum absolute atomic E-state index is 0.195. The van der Waals surface area contributed by atoms with Crippen molar-refractivity contribution < 1.29 is 27.3 Å². The van der Waals surface area contributed by atoms with Crippen LogP contribution >= 0.6 is 22.7 Å². The summed E-state index contributed by atoms with van der Waals surface area (Å²) >= 11 is 3.06. The van der Waals surface area contributed by atoms with Gasteiger partial charge in [0, 0.05) is 11.8 Å². The number of amides is 2. The number of nitrogens with zero attached hydrogens (tertiary/aromatic N) is 1. The minimum atomic E-state index is -4.40. The van der Waals surface area contributed by atoms with Gasteiger partial charge in [0.15, 0.2) is 0 Å². The molecule has 4 N–H and O–H groups in total. The maximum absolute atomic E-state index is 13.6. The van der Waals surface area contributed by atoms with Crippen LogP contribution in [-0.2, 0) is 32.7 Å². The van der Waals surface area contributed by atoms with Crippen LogP contribution in [0.15, 0.2) is 71.4 Å². The second-order valence-electron chi connectivity index (χ2n) is 8.98. The molecule has 0 aliphatic carbocycles. The number of carbonyl (C=O) groups excluding carboxylic acids is 2. The Kier molecular flexibility index (Phi) is 9.53. The van der Waals surface area contributed by atoms with E-state index in [1.54, 1.807) is 23.5 Å². The number of ether oxygens (including phenoxy) is 1. The number of benzene rings is 2. The molecule has 2 unspecified atom stereocenters. The number of aromatic nitrogens is 1. The molecule has 4 rings (SSSR count). The van der Waals surface area contributed by atoms with Gasteiger partial charge in [-0.2, -0.15) is 8.42 Å². The fourth-order valence-electron chi connectivity index (χ4n) is 3.96. The Morgan fingerprint density at radius 3 is 2.30 bits per heavy atom. The number of rotatable bonds is 11. The molecule has 2 amide bonds. The van der Waals surface area contributed by atoms with Crippen LogP contribution in [0.4, 0.5) is 10.5 Å². The summed E-state index contributed by atoms with van der Waals surface area (Å²) in [5.74, 6) is -0.412. The molecule has 40 heavy (non-hydrogen) atoms. The zero-order valence-corrected chi connectivity index (χ0v) is 24.1. The van der Waals surface area contributed by atoms with E-state index in [0.29, 0.717) is 12.1 Å². The average molecular weight is 601 g/mol. The second-order valence-corrected chi connectivity index (χ2v) is 11.9. The Labute approximate surface area is 240 Å². The van der Waals surface area contributed by atoms with E-state index in [1.807, 2.05) is 52.7 Å². The van der Waals surface area contributed by atoms with E-state index in [0.717, 1.165) is 26.6 Å². The summed E-state index contributed by atoms with van der Waals surface area (Å²) in [6.45, 7) is 2.01. The Bertz CT molecular complexity index is 1550. The first-order valence-electron chi connectivity index (χ1n) is 12.1. The summed E-state index contributed by atoms with van der Waals surface area (Å²) in [6, 6.07) is 16.3. The van der Waals surface area contributed by atoms with Gasteiger partial charge in [-0.3, -0.25) is 14.1 Å².